The lowest BCUT2D eigenvalue weighted by Gasteiger charge is -2.17. The average molecular weight is 289 g/mol. The number of aliphatic hydroxyl groups excluding tert-OH is 1. The standard InChI is InChI=1S/C11H17BrN2O2/c1-16-6-5-14-11(9(12)7-13-14)8-3-2-4-10(8)15/h7-8,10,15H,2-6H2,1H3. The normalized spacial score (nSPS) is 25.2. The molecule has 4 nitrogen and oxygen atoms in total. The number of hydrogen-bond donors (Lipinski definition) is 1. The fourth-order valence-electron chi connectivity index (χ4n) is 2.36. The van der Waals surface area contributed by atoms with Crippen molar-refractivity contribution >= 4 is 15.9 Å². The van der Waals surface area contributed by atoms with Gasteiger partial charge in [-0.25, -0.2) is 0 Å². The highest BCUT2D eigenvalue weighted by molar-refractivity contribution is 9.10. The number of nitrogens with zero attached hydrogens (tertiary/aromatic N) is 2. The second kappa shape index (κ2) is 5.29. The van der Waals surface area contributed by atoms with Crippen molar-refractivity contribution in [2.45, 2.75) is 37.8 Å². The summed E-state index contributed by atoms with van der Waals surface area (Å²) in [5, 5.41) is 14.3. The van der Waals surface area contributed by atoms with Crippen molar-refractivity contribution in [3.8, 4) is 0 Å². The van der Waals surface area contributed by atoms with Gasteiger partial charge in [-0.1, -0.05) is 6.42 Å². The van der Waals surface area contributed by atoms with Crippen molar-refractivity contribution in [1.82, 2.24) is 9.78 Å². The summed E-state index contributed by atoms with van der Waals surface area (Å²) in [5.74, 6) is 0.216. The van der Waals surface area contributed by atoms with Gasteiger partial charge in [0.2, 0.25) is 0 Å². The maximum absolute atomic E-state index is 9.94. The van der Waals surface area contributed by atoms with E-state index in [2.05, 4.69) is 21.0 Å². The lowest BCUT2D eigenvalue weighted by atomic mass is 10.0. The monoisotopic (exact) mass is 288 g/mol. The Morgan fingerprint density at radius 3 is 3.06 bits per heavy atom. The average Bonchev–Trinajstić information content (AvgIpc) is 2.82. The highest BCUT2D eigenvalue weighted by Crippen LogP contribution is 2.37. The van der Waals surface area contributed by atoms with E-state index in [9.17, 15) is 5.11 Å². The molecule has 0 spiro atoms. The summed E-state index contributed by atoms with van der Waals surface area (Å²) >= 11 is 3.51. The number of aromatic nitrogens is 2. The maximum Gasteiger partial charge on any atom is 0.0658 e. The van der Waals surface area contributed by atoms with E-state index in [0.29, 0.717) is 6.61 Å². The van der Waals surface area contributed by atoms with Gasteiger partial charge in [0.1, 0.15) is 0 Å². The zero-order chi connectivity index (χ0) is 11.5. The molecule has 0 aromatic carbocycles. The Morgan fingerprint density at radius 2 is 2.44 bits per heavy atom. The Bertz CT molecular complexity index is 354. The van der Waals surface area contributed by atoms with E-state index in [1.807, 2.05) is 4.68 Å². The quantitative estimate of drug-likeness (QED) is 0.921. The summed E-state index contributed by atoms with van der Waals surface area (Å²) < 4.78 is 7.99. The van der Waals surface area contributed by atoms with Gasteiger partial charge in [-0.05, 0) is 28.8 Å². The molecule has 2 atom stereocenters. The molecule has 16 heavy (non-hydrogen) atoms. The molecule has 0 radical (unpaired) electrons. The summed E-state index contributed by atoms with van der Waals surface area (Å²) in [6.45, 7) is 1.38. The molecule has 1 saturated carbocycles. The molecule has 0 bridgehead atoms. The summed E-state index contributed by atoms with van der Waals surface area (Å²) in [6, 6.07) is 0. The zero-order valence-electron chi connectivity index (χ0n) is 9.40. The summed E-state index contributed by atoms with van der Waals surface area (Å²) in [5.41, 5.74) is 1.11. The van der Waals surface area contributed by atoms with Crippen LogP contribution in [-0.2, 0) is 11.3 Å². The lowest BCUT2D eigenvalue weighted by molar-refractivity contribution is 0.154. The molecule has 2 rings (SSSR count). The van der Waals surface area contributed by atoms with Crippen LogP contribution in [0.15, 0.2) is 10.7 Å². The van der Waals surface area contributed by atoms with Crippen LogP contribution in [0.5, 0.6) is 0 Å². The van der Waals surface area contributed by atoms with Crippen LogP contribution < -0.4 is 0 Å². The van der Waals surface area contributed by atoms with Crippen LogP contribution >= 0.6 is 15.9 Å². The van der Waals surface area contributed by atoms with Gasteiger partial charge in [0, 0.05) is 13.0 Å². The topological polar surface area (TPSA) is 47.3 Å². The van der Waals surface area contributed by atoms with Gasteiger partial charge in [-0.3, -0.25) is 4.68 Å². The second-order valence-electron chi connectivity index (χ2n) is 4.20. The number of methoxy groups -OCH3 is 1. The number of aliphatic hydroxyl groups is 1. The first-order valence-electron chi connectivity index (χ1n) is 5.62. The first-order chi connectivity index (χ1) is 7.74. The fraction of sp³-hybridized carbons (Fsp3) is 0.727. The first kappa shape index (κ1) is 12.1. The number of hydrogen-bond acceptors (Lipinski definition) is 3. The van der Waals surface area contributed by atoms with Gasteiger partial charge in [0.05, 0.1) is 35.6 Å². The molecule has 1 aromatic heterocycles. The molecule has 1 N–H and O–H groups in total. The molecular weight excluding hydrogens is 272 g/mol. The molecule has 1 aromatic rings. The van der Waals surface area contributed by atoms with Crippen molar-refractivity contribution in [3.63, 3.8) is 0 Å². The van der Waals surface area contributed by atoms with Crippen LogP contribution in [0.4, 0.5) is 0 Å². The van der Waals surface area contributed by atoms with E-state index in [-0.39, 0.29) is 12.0 Å². The minimum atomic E-state index is -0.228. The number of halogens is 1. The highest BCUT2D eigenvalue weighted by Gasteiger charge is 2.31. The molecule has 2 unspecified atom stereocenters. The van der Waals surface area contributed by atoms with E-state index in [4.69, 9.17) is 4.74 Å². The summed E-state index contributed by atoms with van der Waals surface area (Å²) in [7, 11) is 1.68. The molecule has 5 heteroatoms. The van der Waals surface area contributed by atoms with Crippen molar-refractivity contribution in [1.29, 1.82) is 0 Å². The molecule has 0 aliphatic heterocycles. The lowest BCUT2D eigenvalue weighted by Crippen LogP contribution is -2.18. The Kier molecular flexibility index (Phi) is 4.00. The Morgan fingerprint density at radius 1 is 1.62 bits per heavy atom. The van der Waals surface area contributed by atoms with Crippen molar-refractivity contribution in [2.24, 2.45) is 0 Å². The second-order valence-corrected chi connectivity index (χ2v) is 5.05. The maximum atomic E-state index is 9.94. The highest BCUT2D eigenvalue weighted by atomic mass is 79.9. The molecular formula is C11H17BrN2O2. The van der Waals surface area contributed by atoms with Gasteiger partial charge in [0.15, 0.2) is 0 Å². The first-order valence-corrected chi connectivity index (χ1v) is 6.41. The van der Waals surface area contributed by atoms with Crippen molar-refractivity contribution in [2.75, 3.05) is 13.7 Å². The Labute approximate surface area is 104 Å². The summed E-state index contributed by atoms with van der Waals surface area (Å²) in [6.07, 6.45) is 4.60. The van der Waals surface area contributed by atoms with Crippen LogP contribution in [0, 0.1) is 0 Å². The van der Waals surface area contributed by atoms with Gasteiger partial charge in [0.25, 0.3) is 0 Å². The number of rotatable bonds is 4. The molecule has 1 fully saturated rings. The van der Waals surface area contributed by atoms with Crippen LogP contribution in [-0.4, -0.2) is 34.7 Å². The van der Waals surface area contributed by atoms with Gasteiger partial charge < -0.3 is 9.84 Å². The Balaban J connectivity index is 2.20. The van der Waals surface area contributed by atoms with Gasteiger partial charge in [-0.2, -0.15) is 5.10 Å². The molecule has 1 aliphatic carbocycles. The van der Waals surface area contributed by atoms with Crippen LogP contribution in [0.1, 0.15) is 30.9 Å². The number of ether oxygens (including phenoxy) is 1. The minimum absolute atomic E-state index is 0.216. The predicted octanol–water partition coefficient (Wildman–Crippen LogP) is 1.92. The fourth-order valence-corrected chi connectivity index (χ4v) is 2.95. The van der Waals surface area contributed by atoms with Gasteiger partial charge >= 0.3 is 0 Å². The largest absolute Gasteiger partial charge is 0.392 e. The van der Waals surface area contributed by atoms with Crippen LogP contribution in [0.2, 0.25) is 0 Å². The van der Waals surface area contributed by atoms with Gasteiger partial charge in [-0.15, -0.1) is 0 Å². The third kappa shape index (κ3) is 2.31. The van der Waals surface area contributed by atoms with E-state index >= 15 is 0 Å². The third-order valence-corrected chi connectivity index (χ3v) is 3.78. The van der Waals surface area contributed by atoms with E-state index in [1.165, 1.54) is 0 Å². The SMILES string of the molecule is COCCn1ncc(Br)c1C1CCCC1O. The van der Waals surface area contributed by atoms with Crippen LogP contribution in [0.25, 0.3) is 0 Å². The molecule has 1 heterocycles. The van der Waals surface area contributed by atoms with Crippen LogP contribution in [0.3, 0.4) is 0 Å². The molecule has 1 aliphatic rings. The molecule has 0 amide bonds. The van der Waals surface area contributed by atoms with E-state index in [1.54, 1.807) is 13.3 Å². The third-order valence-electron chi connectivity index (χ3n) is 3.17. The minimum Gasteiger partial charge on any atom is -0.392 e. The van der Waals surface area contributed by atoms with Crippen molar-refractivity contribution < 1.29 is 9.84 Å². The summed E-state index contributed by atoms with van der Waals surface area (Å²) in [4.78, 5) is 0. The Hall–Kier alpha value is -0.390. The molecule has 90 valence electrons. The zero-order valence-corrected chi connectivity index (χ0v) is 11.0. The molecule has 0 saturated heterocycles. The van der Waals surface area contributed by atoms with E-state index in [0.717, 1.165) is 36.0 Å². The smallest absolute Gasteiger partial charge is 0.0658 e. The predicted molar refractivity (Wildman–Crippen MR) is 64.4 cm³/mol. The van der Waals surface area contributed by atoms with E-state index < -0.39 is 0 Å². The van der Waals surface area contributed by atoms with Crippen molar-refractivity contribution in [3.05, 3.63) is 16.4 Å².